The summed E-state index contributed by atoms with van der Waals surface area (Å²) in [4.78, 5) is 16.1. The summed E-state index contributed by atoms with van der Waals surface area (Å²) >= 11 is 0. The molecule has 0 bridgehead atoms. The number of piperazine rings is 1. The average Bonchev–Trinajstić information content (AvgIpc) is 2.59. The third kappa shape index (κ3) is 3.50. The van der Waals surface area contributed by atoms with Crippen molar-refractivity contribution < 1.29 is 9.18 Å². The fourth-order valence-electron chi connectivity index (χ4n) is 2.88. The third-order valence-corrected chi connectivity index (χ3v) is 4.52. The van der Waals surface area contributed by atoms with E-state index in [2.05, 4.69) is 5.32 Å². The number of hydrogen-bond donors (Lipinski definition) is 1. The quantitative estimate of drug-likeness (QED) is 0.911. The highest BCUT2D eigenvalue weighted by Gasteiger charge is 2.22. The third-order valence-electron chi connectivity index (χ3n) is 4.52. The molecule has 0 aliphatic carbocycles. The van der Waals surface area contributed by atoms with Gasteiger partial charge in [-0.15, -0.1) is 0 Å². The number of halogens is 1. The van der Waals surface area contributed by atoms with Gasteiger partial charge in [0.25, 0.3) is 0 Å². The number of rotatable bonds is 2. The molecule has 3 rings (SSSR count). The first-order valence-corrected chi connectivity index (χ1v) is 8.17. The number of aryl methyl sites for hydroxylation is 2. The summed E-state index contributed by atoms with van der Waals surface area (Å²) in [6, 6.07) is 12.5. The molecule has 1 fully saturated rings. The second-order valence-electron chi connectivity index (χ2n) is 6.15. The SMILES string of the molecule is Cc1ccc(NC(=O)N2CCN(c3ccccc3F)CC2)cc1C. The van der Waals surface area contributed by atoms with E-state index in [9.17, 15) is 9.18 Å². The first kappa shape index (κ1) is 16.3. The van der Waals surface area contributed by atoms with Gasteiger partial charge in [-0.2, -0.15) is 0 Å². The molecule has 1 aliphatic rings. The lowest BCUT2D eigenvalue weighted by Crippen LogP contribution is -2.50. The first-order valence-electron chi connectivity index (χ1n) is 8.17. The summed E-state index contributed by atoms with van der Waals surface area (Å²) in [5, 5.41) is 2.94. The van der Waals surface area contributed by atoms with Gasteiger partial charge in [-0.05, 0) is 49.2 Å². The Bertz CT molecular complexity index is 739. The van der Waals surface area contributed by atoms with Gasteiger partial charge < -0.3 is 15.1 Å². The van der Waals surface area contributed by atoms with Crippen molar-refractivity contribution >= 4 is 17.4 Å². The van der Waals surface area contributed by atoms with Gasteiger partial charge in [-0.1, -0.05) is 18.2 Å². The molecule has 1 heterocycles. The van der Waals surface area contributed by atoms with Crippen LogP contribution in [-0.4, -0.2) is 37.1 Å². The summed E-state index contributed by atoms with van der Waals surface area (Å²) in [5.74, 6) is -0.217. The highest BCUT2D eigenvalue weighted by Crippen LogP contribution is 2.21. The number of urea groups is 1. The fraction of sp³-hybridized carbons (Fsp3) is 0.316. The number of hydrogen-bond acceptors (Lipinski definition) is 2. The first-order chi connectivity index (χ1) is 11.5. The molecule has 5 heteroatoms. The van der Waals surface area contributed by atoms with Gasteiger partial charge in [0.1, 0.15) is 5.82 Å². The van der Waals surface area contributed by atoms with Gasteiger partial charge in [0.2, 0.25) is 0 Å². The van der Waals surface area contributed by atoms with Gasteiger partial charge in [0, 0.05) is 31.9 Å². The lowest BCUT2D eigenvalue weighted by Gasteiger charge is -2.36. The maximum Gasteiger partial charge on any atom is 0.321 e. The van der Waals surface area contributed by atoms with E-state index in [1.165, 1.54) is 11.6 Å². The number of anilines is 2. The standard InChI is InChI=1S/C19H22FN3O/c1-14-7-8-16(13-15(14)2)21-19(24)23-11-9-22(10-12-23)18-6-4-3-5-17(18)20/h3-8,13H,9-12H2,1-2H3,(H,21,24). The highest BCUT2D eigenvalue weighted by atomic mass is 19.1. The Morgan fingerprint density at radius 2 is 1.71 bits per heavy atom. The van der Waals surface area contributed by atoms with Crippen molar-refractivity contribution in [1.82, 2.24) is 4.90 Å². The van der Waals surface area contributed by atoms with E-state index in [1.807, 2.05) is 43.0 Å². The predicted octanol–water partition coefficient (Wildman–Crippen LogP) is 3.80. The lowest BCUT2D eigenvalue weighted by atomic mass is 10.1. The minimum absolute atomic E-state index is 0.105. The molecule has 0 spiro atoms. The van der Waals surface area contributed by atoms with E-state index in [0.717, 1.165) is 11.3 Å². The monoisotopic (exact) mass is 327 g/mol. The molecule has 0 saturated carbocycles. The van der Waals surface area contributed by atoms with Crippen LogP contribution in [0.5, 0.6) is 0 Å². The molecular formula is C19H22FN3O. The largest absolute Gasteiger partial charge is 0.366 e. The summed E-state index contributed by atoms with van der Waals surface area (Å²) in [6.07, 6.45) is 0. The van der Waals surface area contributed by atoms with Crippen LogP contribution >= 0.6 is 0 Å². The van der Waals surface area contributed by atoms with Gasteiger partial charge >= 0.3 is 6.03 Å². The van der Waals surface area contributed by atoms with Gasteiger partial charge in [0.15, 0.2) is 0 Å². The number of carbonyl (C=O) groups excluding carboxylic acids is 1. The van der Waals surface area contributed by atoms with Crippen LogP contribution in [0.25, 0.3) is 0 Å². The minimum atomic E-state index is -0.217. The van der Waals surface area contributed by atoms with Crippen LogP contribution in [0, 0.1) is 19.7 Å². The molecule has 0 aromatic heterocycles. The Balaban J connectivity index is 1.59. The second-order valence-corrected chi connectivity index (χ2v) is 6.15. The molecule has 24 heavy (non-hydrogen) atoms. The molecule has 126 valence electrons. The number of nitrogens with zero attached hydrogens (tertiary/aromatic N) is 2. The van der Waals surface area contributed by atoms with Crippen LogP contribution in [0.1, 0.15) is 11.1 Å². The lowest BCUT2D eigenvalue weighted by molar-refractivity contribution is 0.208. The van der Waals surface area contributed by atoms with Crippen molar-refractivity contribution in [2.24, 2.45) is 0 Å². The highest BCUT2D eigenvalue weighted by molar-refractivity contribution is 5.89. The molecule has 2 amide bonds. The summed E-state index contributed by atoms with van der Waals surface area (Å²) in [5.41, 5.74) is 3.76. The van der Waals surface area contributed by atoms with Crippen LogP contribution in [0.15, 0.2) is 42.5 Å². The zero-order chi connectivity index (χ0) is 17.1. The van der Waals surface area contributed by atoms with Crippen molar-refractivity contribution in [3.63, 3.8) is 0 Å². The van der Waals surface area contributed by atoms with E-state index < -0.39 is 0 Å². The van der Waals surface area contributed by atoms with Crippen LogP contribution in [-0.2, 0) is 0 Å². The van der Waals surface area contributed by atoms with E-state index in [4.69, 9.17) is 0 Å². The maximum atomic E-state index is 13.9. The second kappa shape index (κ2) is 6.91. The van der Waals surface area contributed by atoms with Crippen molar-refractivity contribution in [3.8, 4) is 0 Å². The molecular weight excluding hydrogens is 305 g/mol. The molecule has 0 radical (unpaired) electrons. The summed E-state index contributed by atoms with van der Waals surface area (Å²) in [6.45, 7) is 6.47. The number of amides is 2. The van der Waals surface area contributed by atoms with Crippen molar-refractivity contribution in [1.29, 1.82) is 0 Å². The molecule has 1 saturated heterocycles. The molecule has 1 N–H and O–H groups in total. The normalized spacial score (nSPS) is 14.6. The van der Waals surface area contributed by atoms with Crippen molar-refractivity contribution in [2.75, 3.05) is 36.4 Å². The average molecular weight is 327 g/mol. The van der Waals surface area contributed by atoms with E-state index >= 15 is 0 Å². The topological polar surface area (TPSA) is 35.6 Å². The van der Waals surface area contributed by atoms with Crippen molar-refractivity contribution in [3.05, 3.63) is 59.4 Å². The predicted molar refractivity (Wildman–Crippen MR) is 95.1 cm³/mol. The Morgan fingerprint density at radius 1 is 1.00 bits per heavy atom. The molecule has 2 aromatic rings. The molecule has 0 unspecified atom stereocenters. The van der Waals surface area contributed by atoms with Gasteiger partial charge in [0.05, 0.1) is 5.69 Å². The Hall–Kier alpha value is -2.56. The van der Waals surface area contributed by atoms with E-state index in [0.29, 0.717) is 31.9 Å². The molecule has 4 nitrogen and oxygen atoms in total. The summed E-state index contributed by atoms with van der Waals surface area (Å²) in [7, 11) is 0. The zero-order valence-electron chi connectivity index (χ0n) is 14.1. The molecule has 1 aliphatic heterocycles. The minimum Gasteiger partial charge on any atom is -0.366 e. The van der Waals surface area contributed by atoms with Crippen LogP contribution < -0.4 is 10.2 Å². The van der Waals surface area contributed by atoms with Gasteiger partial charge in [-0.25, -0.2) is 9.18 Å². The summed E-state index contributed by atoms with van der Waals surface area (Å²) < 4.78 is 13.9. The number of benzene rings is 2. The number of para-hydroxylation sites is 1. The number of nitrogens with one attached hydrogen (secondary N) is 1. The van der Waals surface area contributed by atoms with E-state index in [-0.39, 0.29) is 11.8 Å². The van der Waals surface area contributed by atoms with Crippen molar-refractivity contribution in [2.45, 2.75) is 13.8 Å². The Kier molecular flexibility index (Phi) is 4.69. The number of carbonyl (C=O) groups is 1. The molecule has 0 atom stereocenters. The van der Waals surface area contributed by atoms with Crippen LogP contribution in [0.3, 0.4) is 0 Å². The Labute approximate surface area is 141 Å². The zero-order valence-corrected chi connectivity index (χ0v) is 14.1. The van der Waals surface area contributed by atoms with E-state index in [1.54, 1.807) is 17.0 Å². The molecule has 2 aromatic carbocycles. The maximum absolute atomic E-state index is 13.9. The van der Waals surface area contributed by atoms with Crippen LogP contribution in [0.4, 0.5) is 20.6 Å². The smallest absolute Gasteiger partial charge is 0.321 e. The van der Waals surface area contributed by atoms with Gasteiger partial charge in [-0.3, -0.25) is 0 Å². The van der Waals surface area contributed by atoms with Crippen LogP contribution in [0.2, 0.25) is 0 Å². The Morgan fingerprint density at radius 3 is 2.38 bits per heavy atom. The fourth-order valence-corrected chi connectivity index (χ4v) is 2.88.